The molecular weight excluding hydrogens is 170 g/mol. The summed E-state index contributed by atoms with van der Waals surface area (Å²) in [5, 5.41) is 7.71. The molecule has 0 aliphatic carbocycles. The van der Waals surface area contributed by atoms with Gasteiger partial charge in [0.1, 0.15) is 14.6 Å². The molecule has 0 radical (unpaired) electrons. The van der Waals surface area contributed by atoms with Crippen molar-refractivity contribution in [1.29, 1.82) is 2.86 Å². The van der Waals surface area contributed by atoms with Gasteiger partial charge in [0, 0.05) is 2.74 Å². The Labute approximate surface area is 87.1 Å². The first-order valence-electron chi connectivity index (χ1n) is 7.07. The quantitative estimate of drug-likeness (QED) is 0.624. The summed E-state index contributed by atoms with van der Waals surface area (Å²) in [6.45, 7) is 0. The van der Waals surface area contributed by atoms with Crippen LogP contribution >= 0.6 is 0 Å². The molecule has 1 aromatic carbocycles. The predicted molar refractivity (Wildman–Crippen MR) is 47.4 cm³/mol. The summed E-state index contributed by atoms with van der Waals surface area (Å²) in [4.78, 5) is 11.4. The number of benzene rings is 1. The summed E-state index contributed by atoms with van der Waals surface area (Å²) in [6, 6.07) is -1.05. The van der Waals surface area contributed by atoms with Gasteiger partial charge in [0.15, 0.2) is 0 Å². The Morgan fingerprint density at radius 3 is 3.62 bits per heavy atom. The van der Waals surface area contributed by atoms with E-state index in [4.69, 9.17) is 11.2 Å². The van der Waals surface area contributed by atoms with Crippen LogP contribution in [0.5, 0.6) is 5.75 Å². The van der Waals surface area contributed by atoms with Crippen LogP contribution in [-0.2, 0) is 11.2 Å². The normalized spacial score (nSPS) is 21.9. The minimum atomic E-state index is -2.75. The van der Waals surface area contributed by atoms with Gasteiger partial charge in [0.05, 0.1) is 2.74 Å². The van der Waals surface area contributed by atoms with Crippen LogP contribution in [0.4, 0.5) is 0 Å². The molecule has 0 saturated carbocycles. The van der Waals surface area contributed by atoms with Crippen molar-refractivity contribution < 1.29 is 23.3 Å². The maximum atomic E-state index is 11.4. The number of carboxylic acid groups (broad SMARTS) is 1. The van der Waals surface area contributed by atoms with Crippen LogP contribution in [-0.4, -0.2) is 23.7 Å². The molecule has 70 valence electrons. The molecule has 0 bridgehead atoms. The number of hydrogen-bond acceptors (Lipinski definition) is 4. The summed E-state index contributed by atoms with van der Waals surface area (Å²) < 4.78 is 58.4. The van der Waals surface area contributed by atoms with E-state index in [1.54, 1.807) is 0 Å². The Balaban J connectivity index is 3.44. The van der Waals surface area contributed by atoms with Crippen molar-refractivity contribution in [3.63, 3.8) is 0 Å². The van der Waals surface area contributed by atoms with Crippen molar-refractivity contribution in [2.75, 3.05) is 0 Å². The van der Waals surface area contributed by atoms with E-state index in [1.807, 2.05) is 0 Å². The summed E-state index contributed by atoms with van der Waals surface area (Å²) >= 11 is 0. The molecule has 0 aromatic heterocycles. The highest BCUT2D eigenvalue weighted by molar-refractivity contribution is 5.73. The smallest absolute Gasteiger partial charge is 0.320 e. The minimum Gasteiger partial charge on any atom is -0.508 e. The second-order valence-corrected chi connectivity index (χ2v) is 2.21. The largest absolute Gasteiger partial charge is 0.508 e. The lowest BCUT2D eigenvalue weighted by molar-refractivity contribution is -0.138. The van der Waals surface area contributed by atoms with Crippen molar-refractivity contribution in [1.82, 2.24) is 0 Å². The fourth-order valence-corrected chi connectivity index (χ4v) is 0.691. The molecule has 1 atom stereocenters. The molecule has 0 aliphatic rings. The third-order valence-electron chi connectivity index (χ3n) is 1.23. The number of nitrogens with two attached hydrogens (primary N) is 1. The van der Waals surface area contributed by atoms with Gasteiger partial charge in [-0.2, -0.15) is 0 Å². The monoisotopic (exact) mass is 189 g/mol. The fourth-order valence-electron chi connectivity index (χ4n) is 0.691. The van der Waals surface area contributed by atoms with Gasteiger partial charge in [-0.05, 0) is 24.0 Å². The van der Waals surface area contributed by atoms with E-state index >= 15 is 0 Å². The zero-order valence-electron chi connectivity index (χ0n) is 14.4. The summed E-state index contributed by atoms with van der Waals surface area (Å²) in [7, 11) is 0. The first-order valence-corrected chi connectivity index (χ1v) is 3.36. The van der Waals surface area contributed by atoms with Crippen molar-refractivity contribution in [2.24, 2.45) is 5.72 Å². The Hall–Kier alpha value is -1.55. The van der Waals surface area contributed by atoms with E-state index < -0.39 is 35.7 Å². The Morgan fingerprint density at radius 1 is 2.00 bits per heavy atom. The van der Waals surface area contributed by atoms with Crippen LogP contribution in [0.15, 0.2) is 24.2 Å². The number of rotatable bonds is 5. The van der Waals surface area contributed by atoms with Crippen LogP contribution in [0.25, 0.3) is 1.43 Å². The third-order valence-corrected chi connectivity index (χ3v) is 1.23. The average molecular weight is 189 g/mol. The highest BCUT2D eigenvalue weighted by Gasteiger charge is 2.11. The number of hydrogen-bond donors (Lipinski definition) is 3. The zero-order chi connectivity index (χ0) is 16.4. The van der Waals surface area contributed by atoms with Crippen molar-refractivity contribution in [2.45, 2.75) is 12.4 Å². The third kappa shape index (κ3) is 2.76. The predicted octanol–water partition coefficient (Wildman–Crippen LogP) is 0.347. The van der Waals surface area contributed by atoms with Gasteiger partial charge in [0.2, 0.25) is 0 Å². The molecule has 1 rings (SSSR count). The molecule has 4 nitrogen and oxygen atoms in total. The molecule has 0 heterocycles. The zero-order valence-corrected chi connectivity index (χ0v) is 6.40. The van der Waals surface area contributed by atoms with Crippen molar-refractivity contribution >= 4 is 5.97 Å². The Kier molecular flexibility index (Phi) is 0.994. The van der Waals surface area contributed by atoms with Crippen molar-refractivity contribution in [3.05, 3.63) is 29.8 Å². The maximum Gasteiger partial charge on any atom is 0.320 e. The summed E-state index contributed by atoms with van der Waals surface area (Å²) in [6.07, 6.45) is -2.75. The number of phenolic OH excluding ortho intramolecular Hbond substituents is 1. The van der Waals surface area contributed by atoms with E-state index in [2.05, 4.69) is 10.2 Å². The highest BCUT2D eigenvalue weighted by Crippen LogP contribution is 2.11. The summed E-state index contributed by atoms with van der Waals surface area (Å²) in [5.74, 6) is -2.02. The van der Waals surface area contributed by atoms with E-state index in [0.717, 1.165) is 12.1 Å². The van der Waals surface area contributed by atoms with Gasteiger partial charge >= 0.3 is 5.97 Å². The maximum absolute atomic E-state index is 11.4. The second kappa shape index (κ2) is 3.91. The van der Waals surface area contributed by atoms with E-state index in [1.165, 1.54) is 0 Å². The SMILES string of the molecule is [2H]OC(=O)[C@@H](N([2H])[2H])C([2H])([2H])c1ccc([2H])c(O[2H])c1[2H]. The standard InChI is InChI=1S/C9H11NO3/c10-8(9(12)13)5-6-2-1-3-7(11)4-6/h1-4,8,11H,5,10H2,(H,12,13)/t8-/m0/s1/i3D,4D,5D2/hD4. The topological polar surface area (TPSA) is 83.5 Å². The molecule has 13 heavy (non-hydrogen) atoms. The Morgan fingerprint density at radius 2 is 2.92 bits per heavy atom. The van der Waals surface area contributed by atoms with E-state index in [-0.39, 0.29) is 11.8 Å². The molecule has 4 heteroatoms. The van der Waals surface area contributed by atoms with Crippen LogP contribution in [0.3, 0.4) is 0 Å². The van der Waals surface area contributed by atoms with Gasteiger partial charge in [-0.3, -0.25) is 4.79 Å². The van der Waals surface area contributed by atoms with Gasteiger partial charge in [0.25, 0.3) is 2.86 Å². The van der Waals surface area contributed by atoms with Crippen LogP contribution < -0.4 is 5.72 Å². The minimum absolute atomic E-state index is 0.272. The number of carbonyl (C=O) groups is 1. The molecule has 0 aliphatic heterocycles. The fraction of sp³-hybridized carbons (Fsp3) is 0.222. The number of aromatic hydroxyl groups is 1. The summed E-state index contributed by atoms with van der Waals surface area (Å²) in [5.41, 5.74) is -0.743. The molecule has 0 saturated heterocycles. The van der Waals surface area contributed by atoms with Gasteiger partial charge < -0.3 is 15.9 Å². The van der Waals surface area contributed by atoms with Gasteiger partial charge in [-0.25, -0.2) is 0 Å². The molecule has 0 amide bonds. The molecule has 1 aromatic rings. The number of carboxylic acids is 1. The second-order valence-electron chi connectivity index (χ2n) is 2.21. The van der Waals surface area contributed by atoms with Crippen LogP contribution in [0.2, 0.25) is 2.82 Å². The van der Waals surface area contributed by atoms with Crippen LogP contribution in [0.1, 0.15) is 11.0 Å². The van der Waals surface area contributed by atoms with Crippen molar-refractivity contribution in [3.8, 4) is 5.75 Å². The molecule has 0 fully saturated rings. The average Bonchev–Trinajstić information content (AvgIpc) is 2.37. The molecule has 4 N–H and O–H groups in total. The molecule has 0 unspecified atom stereocenters. The van der Waals surface area contributed by atoms with Gasteiger partial charge in [-0.1, -0.05) is 12.1 Å². The van der Waals surface area contributed by atoms with E-state index in [0.29, 0.717) is 0 Å². The lowest BCUT2D eigenvalue weighted by atomic mass is 10.1. The lowest BCUT2D eigenvalue weighted by Gasteiger charge is -2.05. The van der Waals surface area contributed by atoms with Gasteiger partial charge in [-0.15, -0.1) is 0 Å². The molecule has 0 spiro atoms. The number of phenols is 1. The highest BCUT2D eigenvalue weighted by atomic mass is 16.4. The first kappa shape index (κ1) is 3.31. The Bertz CT molecular complexity index is 538. The van der Waals surface area contributed by atoms with E-state index in [9.17, 15) is 4.79 Å². The molecular formula is C9H11NO3. The first-order chi connectivity index (χ1) is 9.68. The number of aliphatic carboxylic acids is 1. The lowest BCUT2D eigenvalue weighted by Crippen LogP contribution is -2.32. The van der Waals surface area contributed by atoms with Crippen LogP contribution in [0, 0.1) is 0 Å².